The van der Waals surface area contributed by atoms with Crippen molar-refractivity contribution in [1.82, 2.24) is 9.78 Å². The van der Waals surface area contributed by atoms with Crippen LogP contribution in [0.5, 0.6) is 0 Å². The molecule has 12 heteroatoms. The Morgan fingerprint density at radius 2 is 1.93 bits per heavy atom. The number of rotatable bonds is 12. The van der Waals surface area contributed by atoms with Gasteiger partial charge in [0.15, 0.2) is 0 Å². The van der Waals surface area contributed by atoms with Crippen LogP contribution in [0.3, 0.4) is 0 Å². The average molecular weight is 440 g/mol. The molecule has 29 heavy (non-hydrogen) atoms. The summed E-state index contributed by atoms with van der Waals surface area (Å²) in [5.41, 5.74) is -3.10. The fraction of sp³-hybridized carbons (Fsp3) is 0.706. The van der Waals surface area contributed by atoms with Crippen molar-refractivity contribution in [3.8, 4) is 0 Å². The molecule has 1 N–H and O–H groups in total. The Kier molecular flexibility index (Phi) is 9.79. The van der Waals surface area contributed by atoms with Crippen LogP contribution < -0.4 is 10.9 Å². The summed E-state index contributed by atoms with van der Waals surface area (Å²) in [6, 6.07) is 0.819. The maximum Gasteiger partial charge on any atom is 0.423 e. The van der Waals surface area contributed by atoms with E-state index in [2.05, 4.69) is 34.8 Å². The number of nitrogens with one attached hydrogen (secondary N) is 1. The largest absolute Gasteiger partial charge is 0.464 e. The lowest BCUT2D eigenvalue weighted by Crippen LogP contribution is -2.33. The Morgan fingerprint density at radius 3 is 2.52 bits per heavy atom. The van der Waals surface area contributed by atoms with Crippen molar-refractivity contribution < 1.29 is 32.2 Å². The molecule has 0 aliphatic heterocycles. The highest BCUT2D eigenvalue weighted by molar-refractivity contribution is 6.76. The molecule has 0 spiro atoms. The lowest BCUT2D eigenvalue weighted by atomic mass is 10.2. The molecule has 0 aliphatic carbocycles. The Labute approximate surface area is 168 Å². The molecule has 8 nitrogen and oxygen atoms in total. The molecule has 0 unspecified atom stereocenters. The first kappa shape index (κ1) is 25.1. The zero-order valence-corrected chi connectivity index (χ0v) is 18.1. The van der Waals surface area contributed by atoms with E-state index in [9.17, 15) is 22.8 Å². The van der Waals surface area contributed by atoms with Crippen molar-refractivity contribution in [3.05, 3.63) is 22.1 Å². The monoisotopic (exact) mass is 439 g/mol. The van der Waals surface area contributed by atoms with Gasteiger partial charge in [0, 0.05) is 21.2 Å². The van der Waals surface area contributed by atoms with Crippen molar-refractivity contribution in [2.75, 3.05) is 38.3 Å². The maximum absolute atomic E-state index is 13.4. The smallest absolute Gasteiger partial charge is 0.423 e. The number of aromatic nitrogens is 2. The van der Waals surface area contributed by atoms with Gasteiger partial charge in [-0.25, -0.2) is 9.48 Å². The van der Waals surface area contributed by atoms with Crippen molar-refractivity contribution in [2.45, 2.75) is 45.5 Å². The Morgan fingerprint density at radius 1 is 1.24 bits per heavy atom. The summed E-state index contributed by atoms with van der Waals surface area (Å²) in [5, 5.41) is 6.22. The van der Waals surface area contributed by atoms with Crippen LogP contribution in [0, 0.1) is 0 Å². The summed E-state index contributed by atoms with van der Waals surface area (Å²) in [6.07, 6.45) is -3.94. The molecule has 0 amide bonds. The quantitative estimate of drug-likeness (QED) is 0.304. The van der Waals surface area contributed by atoms with Crippen LogP contribution in [-0.4, -0.2) is 56.8 Å². The Balaban J connectivity index is 2.72. The van der Waals surface area contributed by atoms with E-state index < -0.39 is 37.0 Å². The first-order valence-electron chi connectivity index (χ1n) is 9.18. The number of hydrogen-bond donors (Lipinski definition) is 1. The van der Waals surface area contributed by atoms with E-state index in [0.29, 0.717) is 11.3 Å². The SMILES string of the molecule is CCOC(=O)COCCNc1cnn(COCC[Si](C)(C)C)c(=O)c1C(F)(F)F. The number of alkyl halides is 3. The Hall–Kier alpha value is -1.92. The van der Waals surface area contributed by atoms with Crippen LogP contribution >= 0.6 is 0 Å². The molecule has 0 bridgehead atoms. The van der Waals surface area contributed by atoms with Gasteiger partial charge in [-0.15, -0.1) is 0 Å². The third kappa shape index (κ3) is 9.41. The Bertz CT molecular complexity index is 720. The fourth-order valence-electron chi connectivity index (χ4n) is 2.13. The summed E-state index contributed by atoms with van der Waals surface area (Å²) < 4.78 is 55.8. The second-order valence-corrected chi connectivity index (χ2v) is 13.0. The minimum atomic E-state index is -4.87. The van der Waals surface area contributed by atoms with E-state index >= 15 is 0 Å². The van der Waals surface area contributed by atoms with Crippen LogP contribution in [0.2, 0.25) is 25.7 Å². The first-order valence-corrected chi connectivity index (χ1v) is 12.9. The zero-order chi connectivity index (χ0) is 22.1. The lowest BCUT2D eigenvalue weighted by molar-refractivity contribution is -0.148. The summed E-state index contributed by atoms with van der Waals surface area (Å²) in [7, 11) is -1.36. The maximum atomic E-state index is 13.4. The minimum absolute atomic E-state index is 0.0552. The number of carbonyl (C=O) groups excluding carboxylic acids is 1. The molecule has 166 valence electrons. The van der Waals surface area contributed by atoms with Gasteiger partial charge in [0.1, 0.15) is 18.9 Å². The predicted octanol–water partition coefficient (Wildman–Crippen LogP) is 2.57. The van der Waals surface area contributed by atoms with Gasteiger partial charge in [-0.3, -0.25) is 4.79 Å². The van der Waals surface area contributed by atoms with E-state index in [1.807, 2.05) is 0 Å². The van der Waals surface area contributed by atoms with E-state index in [1.54, 1.807) is 6.92 Å². The zero-order valence-electron chi connectivity index (χ0n) is 17.1. The van der Waals surface area contributed by atoms with Gasteiger partial charge in [0.25, 0.3) is 5.56 Å². The fourth-order valence-corrected chi connectivity index (χ4v) is 2.89. The third-order valence-corrected chi connectivity index (χ3v) is 5.33. The van der Waals surface area contributed by atoms with Crippen molar-refractivity contribution >= 4 is 19.7 Å². The standard InChI is InChI=1S/C17H28F3N3O5Si/c1-5-28-14(24)11-26-7-6-21-13-10-22-23(12-27-8-9-29(2,3)4)16(25)15(13)17(18,19)20/h10,21H,5-9,11-12H2,1-4H3. The molecule has 0 aromatic carbocycles. The summed E-state index contributed by atoms with van der Waals surface area (Å²) in [4.78, 5) is 23.4. The molecule has 0 aliphatic rings. The molecule has 1 heterocycles. The summed E-state index contributed by atoms with van der Waals surface area (Å²) >= 11 is 0. The molecule has 0 saturated carbocycles. The molecule has 1 aromatic rings. The molecular formula is C17H28F3N3O5Si. The topological polar surface area (TPSA) is 91.7 Å². The van der Waals surface area contributed by atoms with Gasteiger partial charge < -0.3 is 19.5 Å². The number of anilines is 1. The molecular weight excluding hydrogens is 411 g/mol. The van der Waals surface area contributed by atoms with Gasteiger partial charge in [0.2, 0.25) is 0 Å². The summed E-state index contributed by atoms with van der Waals surface area (Å²) in [5.74, 6) is -0.568. The highest BCUT2D eigenvalue weighted by Crippen LogP contribution is 2.31. The highest BCUT2D eigenvalue weighted by Gasteiger charge is 2.38. The van der Waals surface area contributed by atoms with Crippen LogP contribution in [-0.2, 0) is 31.9 Å². The minimum Gasteiger partial charge on any atom is -0.464 e. The van der Waals surface area contributed by atoms with Gasteiger partial charge >= 0.3 is 12.1 Å². The molecule has 1 rings (SSSR count). The van der Waals surface area contributed by atoms with E-state index in [0.717, 1.165) is 12.2 Å². The van der Waals surface area contributed by atoms with Gasteiger partial charge in [0.05, 0.1) is 25.1 Å². The number of ether oxygens (including phenoxy) is 3. The van der Waals surface area contributed by atoms with Crippen LogP contribution in [0.4, 0.5) is 18.9 Å². The number of esters is 1. The predicted molar refractivity (Wildman–Crippen MR) is 104 cm³/mol. The van der Waals surface area contributed by atoms with Crippen molar-refractivity contribution in [3.63, 3.8) is 0 Å². The van der Waals surface area contributed by atoms with Crippen LogP contribution in [0.25, 0.3) is 0 Å². The first-order chi connectivity index (χ1) is 13.5. The number of nitrogens with zero attached hydrogens (tertiary/aromatic N) is 2. The van der Waals surface area contributed by atoms with Crippen LogP contribution in [0.1, 0.15) is 12.5 Å². The third-order valence-electron chi connectivity index (χ3n) is 3.62. The molecule has 0 saturated heterocycles. The second kappa shape index (κ2) is 11.3. The molecule has 0 atom stereocenters. The number of hydrogen-bond acceptors (Lipinski definition) is 7. The second-order valence-electron chi connectivity index (χ2n) is 7.37. The van der Waals surface area contributed by atoms with Gasteiger partial charge in [-0.05, 0) is 13.0 Å². The van der Waals surface area contributed by atoms with E-state index in [4.69, 9.17) is 9.47 Å². The average Bonchev–Trinajstić information content (AvgIpc) is 2.58. The van der Waals surface area contributed by atoms with Gasteiger partial charge in [-0.1, -0.05) is 19.6 Å². The van der Waals surface area contributed by atoms with Crippen molar-refractivity contribution in [2.24, 2.45) is 0 Å². The molecule has 0 fully saturated rings. The van der Waals surface area contributed by atoms with Crippen molar-refractivity contribution in [1.29, 1.82) is 0 Å². The lowest BCUT2D eigenvalue weighted by Gasteiger charge is -2.17. The molecule has 1 aromatic heterocycles. The van der Waals surface area contributed by atoms with Gasteiger partial charge in [-0.2, -0.15) is 18.3 Å². The number of carbonyl (C=O) groups is 1. The van der Waals surface area contributed by atoms with E-state index in [-0.39, 0.29) is 33.1 Å². The van der Waals surface area contributed by atoms with Crippen LogP contribution in [0.15, 0.2) is 11.0 Å². The molecule has 0 radical (unpaired) electrons. The highest BCUT2D eigenvalue weighted by atomic mass is 28.3. The normalized spacial score (nSPS) is 12.1. The summed E-state index contributed by atoms with van der Waals surface area (Å²) in [6.45, 7) is 7.84. The van der Waals surface area contributed by atoms with E-state index in [1.165, 1.54) is 0 Å². The number of halogens is 3.